The van der Waals surface area contributed by atoms with E-state index in [0.717, 1.165) is 6.42 Å². The molecule has 0 spiro atoms. The summed E-state index contributed by atoms with van der Waals surface area (Å²) in [4.78, 5) is 13.7. The first-order valence-corrected chi connectivity index (χ1v) is 9.82. The van der Waals surface area contributed by atoms with Crippen LogP contribution in [0.3, 0.4) is 0 Å². The number of carbonyl (C=O) groups excluding carboxylic acids is 1. The summed E-state index contributed by atoms with van der Waals surface area (Å²) in [5.41, 5.74) is 3.59. The van der Waals surface area contributed by atoms with Gasteiger partial charge in [-0.15, -0.1) is 0 Å². The second-order valence-electron chi connectivity index (χ2n) is 6.60. The predicted octanol–water partition coefficient (Wildman–Crippen LogP) is 2.31. The number of aryl methyl sites for hydroxylation is 2. The molecule has 1 aromatic rings. The molecule has 0 fully saturated rings. The Kier molecular flexibility index (Phi) is 6.62. The van der Waals surface area contributed by atoms with Gasteiger partial charge in [0.1, 0.15) is 9.84 Å². The highest BCUT2D eigenvalue weighted by molar-refractivity contribution is 7.90. The van der Waals surface area contributed by atoms with E-state index in [0.29, 0.717) is 0 Å². The standard InChI is InChI=1S/C17H28N2O3S/c1-12-7-13(2)9-16(8-12)10-14(3)18-17(20)19(5)15(4)11-23(6,21)22/h7-9,14-15H,10-11H2,1-6H3,(H,18,20)/t14-,15+/m0/s1. The monoisotopic (exact) mass is 340 g/mol. The summed E-state index contributed by atoms with van der Waals surface area (Å²) in [5.74, 6) is -0.0393. The number of amides is 2. The maximum absolute atomic E-state index is 12.2. The highest BCUT2D eigenvalue weighted by atomic mass is 32.2. The molecule has 6 heteroatoms. The smallest absolute Gasteiger partial charge is 0.317 e. The molecule has 1 rings (SSSR count). The van der Waals surface area contributed by atoms with Crippen LogP contribution in [0.15, 0.2) is 18.2 Å². The normalized spacial score (nSPS) is 14.2. The van der Waals surface area contributed by atoms with Crippen molar-refractivity contribution in [3.05, 3.63) is 34.9 Å². The third-order valence-electron chi connectivity index (χ3n) is 3.72. The van der Waals surface area contributed by atoms with Crippen LogP contribution in [0.1, 0.15) is 30.5 Å². The highest BCUT2D eigenvalue weighted by Crippen LogP contribution is 2.11. The first kappa shape index (κ1) is 19.5. The summed E-state index contributed by atoms with van der Waals surface area (Å²) in [6.07, 6.45) is 1.92. The molecule has 130 valence electrons. The van der Waals surface area contributed by atoms with Gasteiger partial charge in [-0.25, -0.2) is 13.2 Å². The van der Waals surface area contributed by atoms with Gasteiger partial charge in [-0.3, -0.25) is 0 Å². The molecular formula is C17H28N2O3S. The van der Waals surface area contributed by atoms with Gasteiger partial charge in [-0.1, -0.05) is 29.3 Å². The van der Waals surface area contributed by atoms with Crippen molar-refractivity contribution >= 4 is 15.9 Å². The summed E-state index contributed by atoms with van der Waals surface area (Å²) in [6.45, 7) is 7.79. The summed E-state index contributed by atoms with van der Waals surface area (Å²) in [7, 11) is -1.49. The zero-order chi connectivity index (χ0) is 17.8. The first-order valence-electron chi connectivity index (χ1n) is 7.76. The van der Waals surface area contributed by atoms with Crippen LogP contribution in [0.5, 0.6) is 0 Å². The Hall–Kier alpha value is -1.56. The van der Waals surface area contributed by atoms with E-state index in [9.17, 15) is 13.2 Å². The minimum Gasteiger partial charge on any atom is -0.335 e. The van der Waals surface area contributed by atoms with Crippen LogP contribution in [-0.2, 0) is 16.3 Å². The van der Waals surface area contributed by atoms with Gasteiger partial charge in [-0.2, -0.15) is 0 Å². The molecule has 1 aromatic carbocycles. The second kappa shape index (κ2) is 7.81. The molecule has 2 amide bonds. The Balaban J connectivity index is 2.62. The fraction of sp³-hybridized carbons (Fsp3) is 0.588. The Morgan fingerprint density at radius 1 is 1.17 bits per heavy atom. The van der Waals surface area contributed by atoms with Gasteiger partial charge in [-0.05, 0) is 39.7 Å². The van der Waals surface area contributed by atoms with Crippen LogP contribution in [0.4, 0.5) is 4.79 Å². The van der Waals surface area contributed by atoms with E-state index in [1.54, 1.807) is 14.0 Å². The molecule has 0 aliphatic heterocycles. The Labute approximate surface area is 140 Å². The zero-order valence-corrected chi connectivity index (χ0v) is 15.7. The van der Waals surface area contributed by atoms with E-state index in [1.165, 1.54) is 27.8 Å². The lowest BCUT2D eigenvalue weighted by molar-refractivity contribution is 0.194. The Morgan fingerprint density at radius 2 is 1.70 bits per heavy atom. The Morgan fingerprint density at radius 3 is 2.17 bits per heavy atom. The number of nitrogens with zero attached hydrogens (tertiary/aromatic N) is 1. The molecule has 0 bridgehead atoms. The van der Waals surface area contributed by atoms with Crippen molar-refractivity contribution in [2.75, 3.05) is 19.1 Å². The summed E-state index contributed by atoms with van der Waals surface area (Å²) in [5, 5.41) is 2.93. The minimum absolute atomic E-state index is 0.0309. The van der Waals surface area contributed by atoms with E-state index >= 15 is 0 Å². The van der Waals surface area contributed by atoms with Crippen LogP contribution in [-0.4, -0.2) is 50.5 Å². The fourth-order valence-corrected chi connectivity index (χ4v) is 3.75. The molecule has 0 radical (unpaired) electrons. The maximum atomic E-state index is 12.2. The zero-order valence-electron chi connectivity index (χ0n) is 14.9. The van der Waals surface area contributed by atoms with Crippen LogP contribution in [0, 0.1) is 13.8 Å². The Bertz CT molecular complexity index is 636. The number of urea groups is 1. The van der Waals surface area contributed by atoms with Gasteiger partial charge in [0, 0.05) is 25.4 Å². The average Bonchev–Trinajstić information content (AvgIpc) is 2.33. The first-order chi connectivity index (χ1) is 10.5. The van der Waals surface area contributed by atoms with Crippen molar-refractivity contribution in [2.45, 2.75) is 46.2 Å². The van der Waals surface area contributed by atoms with Gasteiger partial charge in [0.15, 0.2) is 0 Å². The lowest BCUT2D eigenvalue weighted by Gasteiger charge is -2.26. The topological polar surface area (TPSA) is 66.5 Å². The summed E-state index contributed by atoms with van der Waals surface area (Å²) < 4.78 is 22.7. The van der Waals surface area contributed by atoms with E-state index in [2.05, 4.69) is 37.4 Å². The number of benzene rings is 1. The molecular weight excluding hydrogens is 312 g/mol. The molecule has 0 heterocycles. The SMILES string of the molecule is Cc1cc(C)cc(C[C@H](C)NC(=O)N(C)[C@H](C)CS(C)(=O)=O)c1. The number of rotatable bonds is 6. The van der Waals surface area contributed by atoms with Gasteiger partial charge in [0.25, 0.3) is 0 Å². The maximum Gasteiger partial charge on any atom is 0.317 e. The van der Waals surface area contributed by atoms with E-state index in [1.807, 2.05) is 6.92 Å². The molecule has 0 aliphatic carbocycles. The van der Waals surface area contributed by atoms with Gasteiger partial charge >= 0.3 is 6.03 Å². The van der Waals surface area contributed by atoms with Crippen LogP contribution in [0.2, 0.25) is 0 Å². The highest BCUT2D eigenvalue weighted by Gasteiger charge is 2.20. The van der Waals surface area contributed by atoms with E-state index < -0.39 is 9.84 Å². The van der Waals surface area contributed by atoms with Gasteiger partial charge in [0.2, 0.25) is 0 Å². The number of sulfone groups is 1. The fourth-order valence-electron chi connectivity index (χ4n) is 2.65. The average molecular weight is 340 g/mol. The molecule has 5 nitrogen and oxygen atoms in total. The lowest BCUT2D eigenvalue weighted by atomic mass is 10.0. The predicted molar refractivity (Wildman–Crippen MR) is 94.5 cm³/mol. The van der Waals surface area contributed by atoms with Gasteiger partial charge in [0.05, 0.1) is 5.75 Å². The summed E-state index contributed by atoms with van der Waals surface area (Å²) >= 11 is 0. The molecule has 23 heavy (non-hydrogen) atoms. The molecule has 0 aliphatic rings. The van der Waals surface area contributed by atoms with Gasteiger partial charge < -0.3 is 10.2 Å². The van der Waals surface area contributed by atoms with Crippen molar-refractivity contribution in [1.82, 2.24) is 10.2 Å². The van der Waals surface area contributed by atoms with Crippen molar-refractivity contribution in [3.63, 3.8) is 0 Å². The molecule has 0 aromatic heterocycles. The van der Waals surface area contributed by atoms with Crippen molar-refractivity contribution in [2.24, 2.45) is 0 Å². The third-order valence-corrected chi connectivity index (χ3v) is 4.81. The van der Waals surface area contributed by atoms with Crippen molar-refractivity contribution < 1.29 is 13.2 Å². The van der Waals surface area contributed by atoms with Crippen molar-refractivity contribution in [3.8, 4) is 0 Å². The van der Waals surface area contributed by atoms with Crippen LogP contribution < -0.4 is 5.32 Å². The quantitative estimate of drug-likeness (QED) is 0.864. The number of carbonyl (C=O) groups is 1. The van der Waals surface area contributed by atoms with E-state index in [-0.39, 0.29) is 23.9 Å². The molecule has 0 saturated heterocycles. The number of hydrogen-bond acceptors (Lipinski definition) is 3. The molecule has 0 saturated carbocycles. The lowest BCUT2D eigenvalue weighted by Crippen LogP contribution is -2.48. The number of hydrogen-bond donors (Lipinski definition) is 1. The summed E-state index contributed by atoms with van der Waals surface area (Å²) in [6, 6.07) is 5.71. The van der Waals surface area contributed by atoms with Crippen molar-refractivity contribution in [1.29, 1.82) is 0 Å². The molecule has 0 unspecified atom stereocenters. The van der Waals surface area contributed by atoms with Crippen LogP contribution >= 0.6 is 0 Å². The molecule has 2 atom stereocenters. The van der Waals surface area contributed by atoms with E-state index in [4.69, 9.17) is 0 Å². The van der Waals surface area contributed by atoms with Crippen LogP contribution in [0.25, 0.3) is 0 Å². The largest absolute Gasteiger partial charge is 0.335 e. The third kappa shape index (κ3) is 7.03. The number of nitrogens with one attached hydrogen (secondary N) is 1. The molecule has 1 N–H and O–H groups in total. The minimum atomic E-state index is -3.11. The second-order valence-corrected chi connectivity index (χ2v) is 8.79.